The van der Waals surface area contributed by atoms with E-state index in [4.69, 9.17) is 39.6 Å². The summed E-state index contributed by atoms with van der Waals surface area (Å²) in [5.41, 5.74) is 0.899. The minimum Gasteiger partial charge on any atom is -0.384 e. The van der Waals surface area contributed by atoms with Gasteiger partial charge >= 0.3 is 0 Å². The first-order valence-electron chi connectivity index (χ1n) is 10.7. The van der Waals surface area contributed by atoms with Gasteiger partial charge in [0.05, 0.1) is 20.8 Å². The van der Waals surface area contributed by atoms with E-state index in [1.807, 2.05) is 19.1 Å². The molecule has 5 rings (SSSR count). The molecule has 2 aliphatic carbocycles. The molecule has 32 heavy (non-hydrogen) atoms. The maximum atomic E-state index is 15.3. The topological polar surface area (TPSA) is 50.7 Å². The zero-order valence-electron chi connectivity index (χ0n) is 17.4. The summed E-state index contributed by atoms with van der Waals surface area (Å²) in [5.74, 6) is 0.210. The van der Waals surface area contributed by atoms with Crippen LogP contribution in [0.5, 0.6) is 0 Å². The van der Waals surface area contributed by atoms with Gasteiger partial charge in [-0.25, -0.2) is 4.39 Å². The van der Waals surface area contributed by atoms with Crippen LogP contribution in [0, 0.1) is 5.92 Å². The average molecular weight is 496 g/mol. The predicted molar refractivity (Wildman–Crippen MR) is 124 cm³/mol. The lowest BCUT2D eigenvalue weighted by molar-refractivity contribution is -0.125. The molecule has 0 spiro atoms. The van der Waals surface area contributed by atoms with Gasteiger partial charge in [-0.05, 0) is 43.0 Å². The predicted octanol–water partition coefficient (Wildman–Crippen LogP) is 6.54. The van der Waals surface area contributed by atoms with E-state index in [0.29, 0.717) is 39.9 Å². The largest absolute Gasteiger partial charge is 0.384 e. The SMILES string of the molecule is CC1(c2cc(Cl)c(Cl)c(Cl)c2)CC(c2ccc(C3(F)CC(NC(=O)C4CC4)C3)cc2)=NO1. The maximum absolute atomic E-state index is 15.3. The molecule has 2 aromatic carbocycles. The fourth-order valence-corrected chi connectivity index (χ4v) is 4.99. The summed E-state index contributed by atoms with van der Waals surface area (Å²) in [6.45, 7) is 1.91. The number of benzene rings is 2. The molecule has 1 heterocycles. The molecule has 2 aromatic rings. The molecule has 1 unspecified atom stereocenters. The van der Waals surface area contributed by atoms with Crippen LogP contribution in [-0.4, -0.2) is 17.7 Å². The first-order chi connectivity index (χ1) is 15.2. The van der Waals surface area contributed by atoms with E-state index < -0.39 is 11.3 Å². The van der Waals surface area contributed by atoms with Gasteiger partial charge in [-0.2, -0.15) is 0 Å². The van der Waals surface area contributed by atoms with Gasteiger partial charge in [0.1, 0.15) is 5.67 Å². The lowest BCUT2D eigenvalue weighted by Crippen LogP contribution is -2.51. The van der Waals surface area contributed by atoms with E-state index in [0.717, 1.165) is 29.7 Å². The van der Waals surface area contributed by atoms with Crippen molar-refractivity contribution in [3.05, 3.63) is 68.2 Å². The number of amides is 1. The zero-order chi connectivity index (χ0) is 22.7. The number of carbonyl (C=O) groups excluding carboxylic acids is 1. The Morgan fingerprint density at radius 3 is 2.31 bits per heavy atom. The third-order valence-electron chi connectivity index (χ3n) is 6.63. The lowest BCUT2D eigenvalue weighted by Gasteiger charge is -2.42. The Morgan fingerprint density at radius 1 is 1.09 bits per heavy atom. The van der Waals surface area contributed by atoms with Gasteiger partial charge < -0.3 is 10.2 Å². The van der Waals surface area contributed by atoms with E-state index in [1.165, 1.54) is 0 Å². The standard InChI is InChI=1S/C24H22Cl3FN2O2/c1-23(16-8-18(25)21(27)19(26)9-16)12-20(30-32-23)13-4-6-15(7-5-13)24(28)10-17(11-24)29-22(31)14-2-3-14/h4-9,14,17H,2-3,10-12H2,1H3,(H,29,31). The fourth-order valence-electron chi connectivity index (χ4n) is 4.40. The molecule has 168 valence electrons. The number of nitrogens with one attached hydrogen (secondary N) is 1. The summed E-state index contributed by atoms with van der Waals surface area (Å²) < 4.78 is 15.3. The Kier molecular flexibility index (Phi) is 5.43. The molecular formula is C24H22Cl3FN2O2. The molecule has 4 nitrogen and oxygen atoms in total. The van der Waals surface area contributed by atoms with Crippen LogP contribution in [0.4, 0.5) is 4.39 Å². The van der Waals surface area contributed by atoms with Gasteiger partial charge in [-0.1, -0.05) is 64.2 Å². The number of hydrogen-bond donors (Lipinski definition) is 1. The summed E-state index contributed by atoms with van der Waals surface area (Å²) in [4.78, 5) is 17.6. The molecular weight excluding hydrogens is 474 g/mol. The number of rotatable bonds is 5. The fraction of sp³-hybridized carbons (Fsp3) is 0.417. The molecule has 8 heteroatoms. The summed E-state index contributed by atoms with van der Waals surface area (Å²) in [5, 5.41) is 8.24. The molecule has 2 fully saturated rings. The maximum Gasteiger partial charge on any atom is 0.223 e. The second-order valence-electron chi connectivity index (χ2n) is 9.22. The van der Waals surface area contributed by atoms with E-state index in [9.17, 15) is 4.79 Å². The highest BCUT2D eigenvalue weighted by atomic mass is 35.5. The van der Waals surface area contributed by atoms with Gasteiger partial charge in [-0.3, -0.25) is 4.79 Å². The number of carbonyl (C=O) groups is 1. The quantitative estimate of drug-likeness (QED) is 0.479. The van der Waals surface area contributed by atoms with Gasteiger partial charge in [0.25, 0.3) is 0 Å². The highest BCUT2D eigenvalue weighted by molar-refractivity contribution is 6.48. The molecule has 1 amide bonds. The second kappa shape index (κ2) is 7.89. The third kappa shape index (κ3) is 4.00. The molecule has 0 aromatic heterocycles. The second-order valence-corrected chi connectivity index (χ2v) is 10.4. The van der Waals surface area contributed by atoms with Crippen LogP contribution in [0.25, 0.3) is 0 Å². The monoisotopic (exact) mass is 494 g/mol. The zero-order valence-corrected chi connectivity index (χ0v) is 19.7. The van der Waals surface area contributed by atoms with Crippen molar-refractivity contribution in [2.45, 2.75) is 56.3 Å². The lowest BCUT2D eigenvalue weighted by atomic mass is 9.72. The molecule has 2 saturated carbocycles. The van der Waals surface area contributed by atoms with E-state index >= 15 is 4.39 Å². The highest BCUT2D eigenvalue weighted by Gasteiger charge is 2.48. The van der Waals surface area contributed by atoms with Gasteiger partial charge in [0, 0.05) is 36.8 Å². The molecule has 3 aliphatic rings. The van der Waals surface area contributed by atoms with Crippen molar-refractivity contribution in [3.63, 3.8) is 0 Å². The molecule has 0 saturated heterocycles. The third-order valence-corrected chi connectivity index (χ3v) is 7.82. The van der Waals surface area contributed by atoms with Crippen LogP contribution in [0.1, 0.15) is 55.7 Å². The van der Waals surface area contributed by atoms with Crippen molar-refractivity contribution < 1.29 is 14.0 Å². The summed E-state index contributed by atoms with van der Waals surface area (Å²) in [6, 6.07) is 10.7. The van der Waals surface area contributed by atoms with Crippen LogP contribution in [0.15, 0.2) is 41.6 Å². The van der Waals surface area contributed by atoms with Crippen LogP contribution < -0.4 is 5.32 Å². The smallest absolute Gasteiger partial charge is 0.223 e. The van der Waals surface area contributed by atoms with Crippen molar-refractivity contribution in [2.75, 3.05) is 0 Å². The van der Waals surface area contributed by atoms with Crippen LogP contribution in [0.2, 0.25) is 15.1 Å². The van der Waals surface area contributed by atoms with Crippen molar-refractivity contribution in [3.8, 4) is 0 Å². The first-order valence-corrected chi connectivity index (χ1v) is 11.8. The van der Waals surface area contributed by atoms with E-state index in [1.54, 1.807) is 24.3 Å². The molecule has 0 bridgehead atoms. The van der Waals surface area contributed by atoms with Crippen LogP contribution >= 0.6 is 34.8 Å². The highest BCUT2D eigenvalue weighted by Crippen LogP contribution is 2.46. The van der Waals surface area contributed by atoms with Crippen molar-refractivity contribution in [1.29, 1.82) is 0 Å². The van der Waals surface area contributed by atoms with Gasteiger partial charge in [-0.15, -0.1) is 0 Å². The Hall–Kier alpha value is -1.82. The number of nitrogens with zero attached hydrogens (tertiary/aromatic N) is 1. The van der Waals surface area contributed by atoms with Crippen molar-refractivity contribution in [2.24, 2.45) is 11.1 Å². The first kappa shape index (κ1) is 22.0. The molecule has 0 radical (unpaired) electrons. The number of alkyl halides is 1. The minimum absolute atomic E-state index is 0.0676. The summed E-state index contributed by atoms with van der Waals surface area (Å²) in [7, 11) is 0. The normalized spacial score (nSPS) is 29.2. The summed E-state index contributed by atoms with van der Waals surface area (Å²) >= 11 is 18.4. The Labute approximate surface area is 201 Å². The van der Waals surface area contributed by atoms with Crippen LogP contribution in [-0.2, 0) is 20.9 Å². The van der Waals surface area contributed by atoms with Crippen LogP contribution in [0.3, 0.4) is 0 Å². The minimum atomic E-state index is -1.40. The summed E-state index contributed by atoms with van der Waals surface area (Å²) in [6.07, 6.45) is 3.03. The number of halogens is 4. The molecule has 1 aliphatic heterocycles. The number of hydrogen-bond acceptors (Lipinski definition) is 3. The van der Waals surface area contributed by atoms with Crippen molar-refractivity contribution in [1.82, 2.24) is 5.32 Å². The van der Waals surface area contributed by atoms with Crippen molar-refractivity contribution >= 4 is 46.4 Å². The van der Waals surface area contributed by atoms with Gasteiger partial charge in [0.2, 0.25) is 5.91 Å². The Morgan fingerprint density at radius 2 is 1.72 bits per heavy atom. The van der Waals surface area contributed by atoms with E-state index in [2.05, 4.69) is 10.5 Å². The Bertz CT molecular complexity index is 1090. The number of oxime groups is 1. The molecule has 1 atom stereocenters. The van der Waals surface area contributed by atoms with Gasteiger partial charge in [0.15, 0.2) is 5.60 Å². The Balaban J connectivity index is 1.25. The molecule has 1 N–H and O–H groups in total. The average Bonchev–Trinajstić information content (AvgIpc) is 3.52. The van der Waals surface area contributed by atoms with E-state index in [-0.39, 0.29) is 17.9 Å².